The summed E-state index contributed by atoms with van der Waals surface area (Å²) in [4.78, 5) is 0. The summed E-state index contributed by atoms with van der Waals surface area (Å²) < 4.78 is 25.3. The number of benzene rings is 3. The first kappa shape index (κ1) is 25.5. The molecule has 0 amide bonds. The average molecular weight is 477 g/mol. The highest BCUT2D eigenvalue weighted by Crippen LogP contribution is 2.29. The smallest absolute Gasteiger partial charge is 0.115 e. The van der Waals surface area contributed by atoms with Crippen molar-refractivity contribution in [3.63, 3.8) is 0 Å². The maximum Gasteiger partial charge on any atom is 0.115 e. The van der Waals surface area contributed by atoms with Gasteiger partial charge in [-0.15, -0.1) is 0 Å². The molecule has 4 rings (SSSR count). The number of aliphatic hydroxyl groups is 1. The van der Waals surface area contributed by atoms with Crippen LogP contribution in [0.5, 0.6) is 0 Å². The number of aliphatic hydroxyl groups excluding tert-OH is 1. The van der Waals surface area contributed by atoms with Gasteiger partial charge in [0.1, 0.15) is 18.3 Å². The lowest BCUT2D eigenvalue weighted by atomic mass is 9.89. The third kappa shape index (κ3) is 7.47. The van der Waals surface area contributed by atoms with Crippen LogP contribution in [0.4, 0.5) is 0 Å². The molecule has 186 valence electrons. The van der Waals surface area contributed by atoms with Gasteiger partial charge in [-0.3, -0.25) is 0 Å². The van der Waals surface area contributed by atoms with Crippen LogP contribution in [-0.2, 0) is 38.8 Å². The zero-order valence-corrected chi connectivity index (χ0v) is 20.4. The van der Waals surface area contributed by atoms with E-state index in [1.54, 1.807) is 7.11 Å². The Labute approximate surface area is 208 Å². The van der Waals surface area contributed by atoms with Crippen LogP contribution < -0.4 is 0 Å². The minimum Gasteiger partial charge on any atom is -0.390 e. The molecule has 0 spiro atoms. The summed E-state index contributed by atoms with van der Waals surface area (Å²) in [6, 6.07) is 30.1. The van der Waals surface area contributed by atoms with E-state index in [1.807, 2.05) is 91.0 Å². The van der Waals surface area contributed by atoms with Crippen LogP contribution in [0.25, 0.3) is 0 Å². The molecule has 0 aromatic heterocycles. The van der Waals surface area contributed by atoms with Crippen molar-refractivity contribution in [1.29, 1.82) is 0 Å². The van der Waals surface area contributed by atoms with Gasteiger partial charge >= 0.3 is 0 Å². The molecule has 0 saturated heterocycles. The van der Waals surface area contributed by atoms with Crippen LogP contribution in [0.2, 0.25) is 0 Å². The van der Waals surface area contributed by atoms with Gasteiger partial charge in [0.25, 0.3) is 0 Å². The molecule has 5 nitrogen and oxygen atoms in total. The van der Waals surface area contributed by atoms with Gasteiger partial charge < -0.3 is 24.1 Å². The highest BCUT2D eigenvalue weighted by molar-refractivity contribution is 5.15. The maximum absolute atomic E-state index is 11.2. The molecule has 0 radical (unpaired) electrons. The van der Waals surface area contributed by atoms with Crippen LogP contribution in [0.15, 0.2) is 91.0 Å². The van der Waals surface area contributed by atoms with Crippen LogP contribution in [0.1, 0.15) is 36.0 Å². The lowest BCUT2D eigenvalue weighted by molar-refractivity contribution is -0.211. The molecule has 0 heterocycles. The van der Waals surface area contributed by atoms with E-state index in [4.69, 9.17) is 18.9 Å². The first-order chi connectivity index (χ1) is 17.2. The van der Waals surface area contributed by atoms with Gasteiger partial charge in [-0.25, -0.2) is 0 Å². The maximum atomic E-state index is 11.2. The molecule has 0 aliphatic heterocycles. The fourth-order valence-corrected chi connectivity index (χ4v) is 4.62. The molecule has 3 aromatic rings. The van der Waals surface area contributed by atoms with Gasteiger partial charge in [0.2, 0.25) is 0 Å². The fourth-order valence-electron chi connectivity index (χ4n) is 4.62. The molecule has 35 heavy (non-hydrogen) atoms. The van der Waals surface area contributed by atoms with Gasteiger partial charge in [-0.1, -0.05) is 91.0 Å². The van der Waals surface area contributed by atoms with E-state index in [9.17, 15) is 5.11 Å². The van der Waals surface area contributed by atoms with Crippen LogP contribution in [-0.4, -0.2) is 42.7 Å². The highest BCUT2D eigenvalue weighted by atomic mass is 16.6. The Morgan fingerprint density at radius 1 is 0.600 bits per heavy atom. The van der Waals surface area contributed by atoms with E-state index in [0.717, 1.165) is 29.5 Å². The van der Waals surface area contributed by atoms with Crippen LogP contribution in [0, 0.1) is 0 Å². The number of hydrogen-bond donors (Lipinski definition) is 1. The third-order valence-corrected chi connectivity index (χ3v) is 6.54. The Balaban J connectivity index is 1.59. The summed E-state index contributed by atoms with van der Waals surface area (Å²) in [5.74, 6) is 0. The van der Waals surface area contributed by atoms with Crippen molar-refractivity contribution < 1.29 is 24.1 Å². The van der Waals surface area contributed by atoms with Gasteiger partial charge in [0.05, 0.1) is 32.0 Å². The van der Waals surface area contributed by atoms with Crippen molar-refractivity contribution in [3.8, 4) is 0 Å². The lowest BCUT2D eigenvalue weighted by Gasteiger charge is -2.41. The highest BCUT2D eigenvalue weighted by Gasteiger charge is 2.42. The molecule has 0 unspecified atom stereocenters. The first-order valence-corrected chi connectivity index (χ1v) is 12.4. The second-order valence-corrected chi connectivity index (χ2v) is 9.06. The van der Waals surface area contributed by atoms with Gasteiger partial charge in [-0.2, -0.15) is 0 Å². The molecule has 1 saturated carbocycles. The summed E-state index contributed by atoms with van der Waals surface area (Å²) in [5, 5.41) is 11.2. The summed E-state index contributed by atoms with van der Waals surface area (Å²) in [6.07, 6.45) is -0.0869. The lowest BCUT2D eigenvalue weighted by Crippen LogP contribution is -2.54. The Morgan fingerprint density at radius 2 is 1.03 bits per heavy atom. The number of rotatable bonds is 10. The van der Waals surface area contributed by atoms with Crippen molar-refractivity contribution in [2.75, 3.05) is 7.11 Å². The standard InChI is InChI=1S/C30H36O5/c1-32-27-19-11-18-26(31)28(33-20-23-12-5-2-6-13-23)30(35-22-25-16-9-4-10-17-25)29(27)34-21-24-14-7-3-8-15-24/h2-10,12-17,26-31H,11,18-22H2,1H3/t26-,27+,28+,29-,30-/m1/s1. The minimum absolute atomic E-state index is 0.171. The van der Waals surface area contributed by atoms with E-state index in [-0.39, 0.29) is 6.10 Å². The predicted octanol–water partition coefficient (Wildman–Crippen LogP) is 5.30. The van der Waals surface area contributed by atoms with Crippen molar-refractivity contribution in [2.24, 2.45) is 0 Å². The SMILES string of the molecule is CO[C@H]1CCC[C@@H](O)[C@H](OCc2ccccc2)[C@@H](OCc2ccccc2)[C@@H]1OCc1ccccc1. The second-order valence-electron chi connectivity index (χ2n) is 9.06. The second kappa shape index (κ2) is 13.5. The van der Waals surface area contributed by atoms with Crippen LogP contribution >= 0.6 is 0 Å². The van der Waals surface area contributed by atoms with Gasteiger partial charge in [-0.05, 0) is 36.0 Å². The molecule has 0 bridgehead atoms. The molecular formula is C30H36O5. The third-order valence-electron chi connectivity index (χ3n) is 6.54. The Kier molecular flexibility index (Phi) is 9.87. The van der Waals surface area contributed by atoms with Crippen molar-refractivity contribution in [2.45, 2.75) is 69.6 Å². The molecule has 5 atom stereocenters. The largest absolute Gasteiger partial charge is 0.390 e. The summed E-state index contributed by atoms with van der Waals surface area (Å²) in [6.45, 7) is 1.21. The van der Waals surface area contributed by atoms with Gasteiger partial charge in [0, 0.05) is 7.11 Å². The average Bonchev–Trinajstić information content (AvgIpc) is 2.91. The Bertz CT molecular complexity index is 966. The summed E-state index contributed by atoms with van der Waals surface area (Å²) in [5.41, 5.74) is 3.18. The summed E-state index contributed by atoms with van der Waals surface area (Å²) >= 11 is 0. The van der Waals surface area contributed by atoms with E-state index in [0.29, 0.717) is 26.2 Å². The minimum atomic E-state index is -0.667. The van der Waals surface area contributed by atoms with Crippen molar-refractivity contribution >= 4 is 0 Å². The molecule has 1 aliphatic carbocycles. The normalized spacial score (nSPS) is 25.0. The van der Waals surface area contributed by atoms with E-state index in [2.05, 4.69) is 0 Å². The quantitative estimate of drug-likeness (QED) is 0.430. The molecular weight excluding hydrogens is 440 g/mol. The van der Waals surface area contributed by atoms with E-state index in [1.165, 1.54) is 0 Å². The molecule has 1 N–H and O–H groups in total. The Morgan fingerprint density at radius 3 is 1.49 bits per heavy atom. The fraction of sp³-hybridized carbons (Fsp3) is 0.400. The number of methoxy groups -OCH3 is 1. The van der Waals surface area contributed by atoms with E-state index < -0.39 is 24.4 Å². The first-order valence-electron chi connectivity index (χ1n) is 12.4. The topological polar surface area (TPSA) is 57.2 Å². The Hall–Kier alpha value is -2.54. The number of hydrogen-bond acceptors (Lipinski definition) is 5. The van der Waals surface area contributed by atoms with Crippen molar-refractivity contribution in [1.82, 2.24) is 0 Å². The predicted molar refractivity (Wildman–Crippen MR) is 136 cm³/mol. The van der Waals surface area contributed by atoms with Gasteiger partial charge in [0.15, 0.2) is 0 Å². The van der Waals surface area contributed by atoms with E-state index >= 15 is 0 Å². The zero-order valence-electron chi connectivity index (χ0n) is 20.4. The van der Waals surface area contributed by atoms with Crippen molar-refractivity contribution in [3.05, 3.63) is 108 Å². The molecule has 3 aromatic carbocycles. The summed E-state index contributed by atoms with van der Waals surface area (Å²) in [7, 11) is 1.72. The number of ether oxygens (including phenoxy) is 4. The van der Waals surface area contributed by atoms with Crippen LogP contribution in [0.3, 0.4) is 0 Å². The molecule has 1 aliphatic rings. The molecule has 1 fully saturated rings. The zero-order chi connectivity index (χ0) is 24.3. The monoisotopic (exact) mass is 476 g/mol. The molecule has 5 heteroatoms.